The molecule has 1 aromatic carbocycles. The maximum atomic E-state index is 11.6. The molecule has 1 atom stereocenters. The number of carbonyl (C=O) groups excluding carboxylic acids is 1. The Labute approximate surface area is 116 Å². The summed E-state index contributed by atoms with van der Waals surface area (Å²) >= 11 is 11.7. The van der Waals surface area contributed by atoms with Gasteiger partial charge in [0.2, 0.25) is 0 Å². The Hall–Kier alpha value is -0.970. The third kappa shape index (κ3) is 4.05. The van der Waals surface area contributed by atoms with Crippen LogP contribution in [0.25, 0.3) is 0 Å². The Kier molecular flexibility index (Phi) is 4.69. The minimum atomic E-state index is -0.288. The number of benzene rings is 1. The summed E-state index contributed by atoms with van der Waals surface area (Å²) in [5, 5.41) is 6.39. The number of hydrogen-bond donors (Lipinski definition) is 2. The quantitative estimate of drug-likeness (QED) is 0.897. The molecule has 1 aliphatic heterocycles. The van der Waals surface area contributed by atoms with Crippen molar-refractivity contribution in [3.05, 3.63) is 28.2 Å². The van der Waals surface area contributed by atoms with E-state index in [0.717, 1.165) is 19.4 Å². The van der Waals surface area contributed by atoms with Gasteiger partial charge in [0.25, 0.3) is 0 Å². The normalized spacial score (nSPS) is 18.7. The van der Waals surface area contributed by atoms with Gasteiger partial charge in [-0.2, -0.15) is 0 Å². The number of anilines is 1. The minimum absolute atomic E-state index is 0.124. The second-order valence-corrected chi connectivity index (χ2v) is 5.00. The molecule has 1 fully saturated rings. The Morgan fingerprint density at radius 1 is 1.33 bits per heavy atom. The minimum Gasteiger partial charge on any atom is -0.376 e. The van der Waals surface area contributed by atoms with Crippen LogP contribution in [0, 0.1) is 0 Å². The van der Waals surface area contributed by atoms with Crippen molar-refractivity contribution in [2.24, 2.45) is 0 Å². The van der Waals surface area contributed by atoms with Crippen LogP contribution in [0.15, 0.2) is 18.2 Å². The summed E-state index contributed by atoms with van der Waals surface area (Å²) in [4.78, 5) is 11.6. The summed E-state index contributed by atoms with van der Waals surface area (Å²) in [5.74, 6) is 0. The van der Waals surface area contributed by atoms with Crippen LogP contribution in [-0.4, -0.2) is 25.3 Å². The van der Waals surface area contributed by atoms with E-state index in [9.17, 15) is 4.79 Å². The predicted molar refractivity (Wildman–Crippen MR) is 72.5 cm³/mol. The maximum absolute atomic E-state index is 11.6. The average molecular weight is 289 g/mol. The van der Waals surface area contributed by atoms with E-state index in [2.05, 4.69) is 10.6 Å². The number of rotatable bonds is 3. The highest BCUT2D eigenvalue weighted by Crippen LogP contribution is 2.22. The predicted octanol–water partition coefficient (Wildman–Crippen LogP) is 3.29. The molecule has 0 aromatic heterocycles. The molecule has 2 N–H and O–H groups in total. The molecule has 6 heteroatoms. The number of ether oxygens (including phenoxy) is 1. The first kappa shape index (κ1) is 13.5. The molecular weight excluding hydrogens is 275 g/mol. The standard InChI is InChI=1S/C12H14Cl2N2O2/c13-8-4-9(14)6-10(5-8)16-12(17)15-7-11-2-1-3-18-11/h4-6,11H,1-3,7H2,(H2,15,16,17)/t11-/m1/s1. The molecule has 0 spiro atoms. The van der Waals surface area contributed by atoms with E-state index in [-0.39, 0.29) is 12.1 Å². The molecule has 1 heterocycles. The van der Waals surface area contributed by atoms with Gasteiger partial charge in [-0.25, -0.2) is 4.79 Å². The first-order valence-corrected chi connectivity index (χ1v) is 6.51. The van der Waals surface area contributed by atoms with Gasteiger partial charge in [-0.3, -0.25) is 0 Å². The smallest absolute Gasteiger partial charge is 0.319 e. The Bertz CT molecular complexity index is 414. The molecule has 0 saturated carbocycles. The first-order valence-electron chi connectivity index (χ1n) is 5.76. The Balaban J connectivity index is 1.82. The zero-order valence-electron chi connectivity index (χ0n) is 9.71. The second kappa shape index (κ2) is 6.27. The molecule has 18 heavy (non-hydrogen) atoms. The zero-order chi connectivity index (χ0) is 13.0. The van der Waals surface area contributed by atoms with Crippen LogP contribution in [0.5, 0.6) is 0 Å². The van der Waals surface area contributed by atoms with Crippen molar-refractivity contribution in [2.75, 3.05) is 18.5 Å². The summed E-state index contributed by atoms with van der Waals surface area (Å²) in [6.07, 6.45) is 2.17. The van der Waals surface area contributed by atoms with Crippen molar-refractivity contribution in [3.8, 4) is 0 Å². The molecule has 4 nitrogen and oxygen atoms in total. The SMILES string of the molecule is O=C(NC[C@H]1CCCO1)Nc1cc(Cl)cc(Cl)c1. The van der Waals surface area contributed by atoms with Gasteiger partial charge in [0.05, 0.1) is 6.10 Å². The van der Waals surface area contributed by atoms with Gasteiger partial charge in [0.15, 0.2) is 0 Å². The van der Waals surface area contributed by atoms with Crippen LogP contribution >= 0.6 is 23.2 Å². The molecule has 2 amide bonds. The lowest BCUT2D eigenvalue weighted by molar-refractivity contribution is 0.112. The van der Waals surface area contributed by atoms with Crippen LogP contribution in [0.1, 0.15) is 12.8 Å². The highest BCUT2D eigenvalue weighted by Gasteiger charge is 2.16. The summed E-state index contributed by atoms with van der Waals surface area (Å²) in [5.41, 5.74) is 0.567. The number of amides is 2. The van der Waals surface area contributed by atoms with Crippen LogP contribution < -0.4 is 10.6 Å². The lowest BCUT2D eigenvalue weighted by Crippen LogP contribution is -2.35. The van der Waals surface area contributed by atoms with E-state index in [1.807, 2.05) is 0 Å². The van der Waals surface area contributed by atoms with E-state index in [0.29, 0.717) is 22.3 Å². The van der Waals surface area contributed by atoms with E-state index < -0.39 is 0 Å². The first-order chi connectivity index (χ1) is 8.63. The summed E-state index contributed by atoms with van der Waals surface area (Å²) in [6.45, 7) is 1.29. The molecule has 98 valence electrons. The van der Waals surface area contributed by atoms with Crippen LogP contribution in [0.4, 0.5) is 10.5 Å². The van der Waals surface area contributed by atoms with Crippen LogP contribution in [0.3, 0.4) is 0 Å². The van der Waals surface area contributed by atoms with E-state index >= 15 is 0 Å². The van der Waals surface area contributed by atoms with Gasteiger partial charge < -0.3 is 15.4 Å². The number of halogens is 2. The number of urea groups is 1. The van der Waals surface area contributed by atoms with Crippen molar-refractivity contribution in [1.29, 1.82) is 0 Å². The van der Waals surface area contributed by atoms with Crippen molar-refractivity contribution in [2.45, 2.75) is 18.9 Å². The molecule has 0 unspecified atom stereocenters. The fraction of sp³-hybridized carbons (Fsp3) is 0.417. The van der Waals surface area contributed by atoms with Crippen LogP contribution in [-0.2, 0) is 4.74 Å². The van der Waals surface area contributed by atoms with Crippen LogP contribution in [0.2, 0.25) is 10.0 Å². The molecule has 0 radical (unpaired) electrons. The van der Waals surface area contributed by atoms with Gasteiger partial charge in [-0.05, 0) is 31.0 Å². The molecule has 1 aliphatic rings. The fourth-order valence-corrected chi connectivity index (χ4v) is 2.34. The molecule has 1 saturated heterocycles. The molecule has 2 rings (SSSR count). The van der Waals surface area contributed by atoms with Gasteiger partial charge >= 0.3 is 6.03 Å². The topological polar surface area (TPSA) is 50.4 Å². The zero-order valence-corrected chi connectivity index (χ0v) is 11.2. The third-order valence-electron chi connectivity index (χ3n) is 2.63. The second-order valence-electron chi connectivity index (χ2n) is 4.13. The monoisotopic (exact) mass is 288 g/mol. The number of nitrogens with one attached hydrogen (secondary N) is 2. The van der Waals surface area contributed by atoms with Crippen molar-refractivity contribution in [1.82, 2.24) is 5.32 Å². The maximum Gasteiger partial charge on any atom is 0.319 e. The van der Waals surface area contributed by atoms with Gasteiger partial charge in [0.1, 0.15) is 0 Å². The van der Waals surface area contributed by atoms with Crippen molar-refractivity contribution >= 4 is 34.9 Å². The van der Waals surface area contributed by atoms with E-state index in [1.165, 1.54) is 0 Å². The third-order valence-corrected chi connectivity index (χ3v) is 3.07. The summed E-state index contributed by atoms with van der Waals surface area (Å²) in [6, 6.07) is 4.60. The summed E-state index contributed by atoms with van der Waals surface area (Å²) in [7, 11) is 0. The highest BCUT2D eigenvalue weighted by atomic mass is 35.5. The largest absolute Gasteiger partial charge is 0.376 e. The molecular formula is C12H14Cl2N2O2. The lowest BCUT2D eigenvalue weighted by Gasteiger charge is -2.12. The summed E-state index contributed by atoms with van der Waals surface area (Å²) < 4.78 is 5.41. The van der Waals surface area contributed by atoms with Gasteiger partial charge in [-0.1, -0.05) is 23.2 Å². The van der Waals surface area contributed by atoms with Gasteiger partial charge in [0, 0.05) is 28.9 Å². The molecule has 0 bridgehead atoms. The molecule has 0 aliphatic carbocycles. The Morgan fingerprint density at radius 3 is 2.67 bits per heavy atom. The van der Waals surface area contributed by atoms with Gasteiger partial charge in [-0.15, -0.1) is 0 Å². The van der Waals surface area contributed by atoms with E-state index in [1.54, 1.807) is 18.2 Å². The molecule has 1 aromatic rings. The Morgan fingerprint density at radius 2 is 2.06 bits per heavy atom. The van der Waals surface area contributed by atoms with Crippen molar-refractivity contribution < 1.29 is 9.53 Å². The fourth-order valence-electron chi connectivity index (χ4n) is 1.81. The number of carbonyl (C=O) groups is 1. The van der Waals surface area contributed by atoms with E-state index in [4.69, 9.17) is 27.9 Å². The average Bonchev–Trinajstić information content (AvgIpc) is 2.77. The highest BCUT2D eigenvalue weighted by molar-refractivity contribution is 6.35. The number of hydrogen-bond acceptors (Lipinski definition) is 2. The van der Waals surface area contributed by atoms with Crippen molar-refractivity contribution in [3.63, 3.8) is 0 Å². The lowest BCUT2D eigenvalue weighted by atomic mass is 10.2.